The minimum absolute atomic E-state index is 0.0176. The van der Waals surface area contributed by atoms with Gasteiger partial charge in [-0.3, -0.25) is 4.79 Å². The number of ketones is 1. The summed E-state index contributed by atoms with van der Waals surface area (Å²) in [7, 11) is 0. The Kier molecular flexibility index (Phi) is 4.53. The van der Waals surface area contributed by atoms with Crippen LogP contribution in [0.2, 0.25) is 0 Å². The van der Waals surface area contributed by atoms with E-state index in [1.807, 2.05) is 52.0 Å². The van der Waals surface area contributed by atoms with Crippen molar-refractivity contribution in [3.63, 3.8) is 0 Å². The van der Waals surface area contributed by atoms with Gasteiger partial charge < -0.3 is 15.2 Å². The normalized spacial score (nSPS) is 22.0. The number of benzene rings is 1. The highest BCUT2D eigenvalue weighted by molar-refractivity contribution is 6.00. The Morgan fingerprint density at radius 3 is 2.50 bits per heavy atom. The molecule has 0 aromatic heterocycles. The van der Waals surface area contributed by atoms with Crippen LogP contribution in [0.4, 0.5) is 0 Å². The third-order valence-electron chi connectivity index (χ3n) is 4.66. The number of carbonyl (C=O) groups is 1. The molecule has 1 heterocycles. The van der Waals surface area contributed by atoms with E-state index in [0.29, 0.717) is 24.2 Å². The zero-order valence-corrected chi connectivity index (χ0v) is 15.6. The van der Waals surface area contributed by atoms with Crippen molar-refractivity contribution in [2.75, 3.05) is 0 Å². The molecule has 0 amide bonds. The Morgan fingerprint density at radius 1 is 1.27 bits per heavy atom. The van der Waals surface area contributed by atoms with Gasteiger partial charge in [-0.1, -0.05) is 26.0 Å². The molecule has 136 valence electrons. The number of nitrogens with two attached hydrogens (primary N) is 1. The second kappa shape index (κ2) is 6.53. The van der Waals surface area contributed by atoms with Crippen LogP contribution in [0.3, 0.4) is 0 Å². The molecule has 0 saturated carbocycles. The maximum absolute atomic E-state index is 12.9. The maximum atomic E-state index is 12.9. The third kappa shape index (κ3) is 3.32. The zero-order valence-electron chi connectivity index (χ0n) is 15.6. The van der Waals surface area contributed by atoms with E-state index in [4.69, 9.17) is 15.2 Å². The van der Waals surface area contributed by atoms with Crippen LogP contribution in [0.25, 0.3) is 0 Å². The zero-order chi connectivity index (χ0) is 19.1. The van der Waals surface area contributed by atoms with E-state index in [0.717, 1.165) is 11.3 Å². The van der Waals surface area contributed by atoms with Crippen LogP contribution in [0, 0.1) is 16.7 Å². The Labute approximate surface area is 154 Å². The first-order chi connectivity index (χ1) is 12.2. The summed E-state index contributed by atoms with van der Waals surface area (Å²) >= 11 is 0. The molecule has 5 heteroatoms. The fourth-order valence-electron chi connectivity index (χ4n) is 3.63. The number of hydrogen-bond acceptors (Lipinski definition) is 5. The standard InChI is InChI=1S/C21H24N2O3/c1-12(2)25-14-7-5-13(6-8-14)18-15(11-22)20(23)26-17-10-21(3,4)9-16(24)19(17)18/h5-8,12,18H,9-10,23H2,1-4H3/t18-/m0/s1. The topological polar surface area (TPSA) is 85.3 Å². The third-order valence-corrected chi connectivity index (χ3v) is 4.66. The van der Waals surface area contributed by atoms with Gasteiger partial charge in [0.1, 0.15) is 23.2 Å². The van der Waals surface area contributed by atoms with Crippen molar-refractivity contribution in [3.8, 4) is 11.8 Å². The van der Waals surface area contributed by atoms with Crippen molar-refractivity contribution in [3.05, 3.63) is 52.6 Å². The first kappa shape index (κ1) is 18.1. The lowest BCUT2D eigenvalue weighted by molar-refractivity contribution is -0.119. The van der Waals surface area contributed by atoms with Crippen LogP contribution in [0.5, 0.6) is 5.75 Å². The van der Waals surface area contributed by atoms with Gasteiger partial charge in [0, 0.05) is 18.4 Å². The molecule has 26 heavy (non-hydrogen) atoms. The minimum Gasteiger partial charge on any atom is -0.491 e. The smallest absolute Gasteiger partial charge is 0.205 e. The molecule has 1 aliphatic heterocycles. The molecular formula is C21H24N2O3. The van der Waals surface area contributed by atoms with Crippen LogP contribution in [-0.4, -0.2) is 11.9 Å². The fraction of sp³-hybridized carbons (Fsp3) is 0.429. The van der Waals surface area contributed by atoms with Crippen molar-refractivity contribution in [1.29, 1.82) is 5.26 Å². The molecule has 0 radical (unpaired) electrons. The highest BCUT2D eigenvalue weighted by Crippen LogP contribution is 2.47. The van der Waals surface area contributed by atoms with Crippen molar-refractivity contribution in [2.45, 2.75) is 52.6 Å². The van der Waals surface area contributed by atoms with E-state index in [9.17, 15) is 10.1 Å². The summed E-state index contributed by atoms with van der Waals surface area (Å²) in [5.41, 5.74) is 7.52. The van der Waals surface area contributed by atoms with Gasteiger partial charge in [-0.2, -0.15) is 5.26 Å². The fourth-order valence-corrected chi connectivity index (χ4v) is 3.63. The van der Waals surface area contributed by atoms with Gasteiger partial charge in [0.15, 0.2) is 5.78 Å². The van der Waals surface area contributed by atoms with E-state index in [2.05, 4.69) is 6.07 Å². The lowest BCUT2D eigenvalue weighted by Crippen LogP contribution is -2.33. The second-order valence-corrected chi connectivity index (χ2v) is 7.94. The van der Waals surface area contributed by atoms with Gasteiger partial charge in [0.25, 0.3) is 0 Å². The van der Waals surface area contributed by atoms with Gasteiger partial charge >= 0.3 is 0 Å². The molecule has 1 atom stereocenters. The summed E-state index contributed by atoms with van der Waals surface area (Å²) in [6.45, 7) is 7.99. The summed E-state index contributed by atoms with van der Waals surface area (Å²) in [5, 5.41) is 9.62. The van der Waals surface area contributed by atoms with Crippen molar-refractivity contribution >= 4 is 5.78 Å². The van der Waals surface area contributed by atoms with Crippen molar-refractivity contribution in [1.82, 2.24) is 0 Å². The second-order valence-electron chi connectivity index (χ2n) is 7.94. The van der Waals surface area contributed by atoms with Crippen LogP contribution in [0.15, 0.2) is 47.1 Å². The summed E-state index contributed by atoms with van der Waals surface area (Å²) in [6, 6.07) is 9.61. The molecule has 0 spiro atoms. The van der Waals surface area contributed by atoms with E-state index in [-0.39, 0.29) is 28.8 Å². The molecule has 2 N–H and O–H groups in total. The molecule has 1 aliphatic carbocycles. The number of nitriles is 1. The monoisotopic (exact) mass is 352 g/mol. The number of nitrogens with zero attached hydrogens (tertiary/aromatic N) is 1. The highest BCUT2D eigenvalue weighted by Gasteiger charge is 2.42. The summed E-state index contributed by atoms with van der Waals surface area (Å²) in [5.74, 6) is 0.959. The van der Waals surface area contributed by atoms with Crippen LogP contribution in [0.1, 0.15) is 52.0 Å². The average Bonchev–Trinajstić information content (AvgIpc) is 2.52. The van der Waals surface area contributed by atoms with E-state index >= 15 is 0 Å². The van der Waals surface area contributed by atoms with Gasteiger partial charge in [0.05, 0.1) is 12.0 Å². The molecular weight excluding hydrogens is 328 g/mol. The molecule has 3 rings (SSSR count). The van der Waals surface area contributed by atoms with E-state index < -0.39 is 5.92 Å². The van der Waals surface area contributed by atoms with Crippen LogP contribution >= 0.6 is 0 Å². The van der Waals surface area contributed by atoms with E-state index in [1.165, 1.54) is 0 Å². The number of ether oxygens (including phenoxy) is 2. The first-order valence-corrected chi connectivity index (χ1v) is 8.82. The molecule has 0 saturated heterocycles. The number of Topliss-reactive ketones (excluding diaryl/α,β-unsaturated/α-hetero) is 1. The molecule has 0 fully saturated rings. The Balaban J connectivity index is 2.06. The largest absolute Gasteiger partial charge is 0.491 e. The summed E-state index contributed by atoms with van der Waals surface area (Å²) in [6.07, 6.45) is 1.13. The quantitative estimate of drug-likeness (QED) is 0.891. The SMILES string of the molecule is CC(C)Oc1ccc([C@H]2C(C#N)=C(N)OC3=C2C(=O)CC(C)(C)C3)cc1. The molecule has 1 aromatic rings. The Morgan fingerprint density at radius 2 is 1.92 bits per heavy atom. The predicted molar refractivity (Wildman–Crippen MR) is 97.9 cm³/mol. The van der Waals surface area contributed by atoms with E-state index in [1.54, 1.807) is 0 Å². The van der Waals surface area contributed by atoms with Crippen molar-refractivity contribution < 1.29 is 14.3 Å². The van der Waals surface area contributed by atoms with Gasteiger partial charge in [0.2, 0.25) is 5.88 Å². The van der Waals surface area contributed by atoms with Gasteiger partial charge in [-0.25, -0.2) is 0 Å². The lowest BCUT2D eigenvalue weighted by atomic mass is 9.70. The number of carbonyl (C=O) groups excluding carboxylic acids is 1. The number of rotatable bonds is 3. The number of allylic oxidation sites excluding steroid dienone is 3. The van der Waals surface area contributed by atoms with Gasteiger partial charge in [-0.05, 0) is 37.0 Å². The summed E-state index contributed by atoms with van der Waals surface area (Å²) < 4.78 is 11.4. The maximum Gasteiger partial charge on any atom is 0.205 e. The Hall–Kier alpha value is -2.74. The lowest BCUT2D eigenvalue weighted by Gasteiger charge is -2.37. The average molecular weight is 352 g/mol. The van der Waals surface area contributed by atoms with Gasteiger partial charge in [-0.15, -0.1) is 0 Å². The molecule has 2 aliphatic rings. The van der Waals surface area contributed by atoms with Crippen LogP contribution < -0.4 is 10.5 Å². The minimum atomic E-state index is -0.486. The molecule has 1 aromatic carbocycles. The molecule has 5 nitrogen and oxygen atoms in total. The van der Waals surface area contributed by atoms with Crippen molar-refractivity contribution in [2.24, 2.45) is 11.1 Å². The first-order valence-electron chi connectivity index (χ1n) is 8.82. The Bertz CT molecular complexity index is 839. The highest BCUT2D eigenvalue weighted by atomic mass is 16.5. The molecule has 0 bridgehead atoms. The van der Waals surface area contributed by atoms with Crippen LogP contribution in [-0.2, 0) is 9.53 Å². The summed E-state index contributed by atoms with van der Waals surface area (Å²) in [4.78, 5) is 12.9. The predicted octanol–water partition coefficient (Wildman–Crippen LogP) is 3.92. The molecule has 0 unspecified atom stereocenters. The number of hydrogen-bond donors (Lipinski definition) is 1.